The van der Waals surface area contributed by atoms with E-state index in [0.717, 1.165) is 13.2 Å². The lowest BCUT2D eigenvalue weighted by atomic mass is 9.98. The molecule has 0 amide bonds. The quantitative estimate of drug-likeness (QED) is 0.705. The van der Waals surface area contributed by atoms with Gasteiger partial charge in [0.15, 0.2) is 0 Å². The van der Waals surface area contributed by atoms with Crippen LogP contribution in [0.1, 0.15) is 23.5 Å². The van der Waals surface area contributed by atoms with Crippen LogP contribution in [0.3, 0.4) is 0 Å². The molecule has 1 heterocycles. The van der Waals surface area contributed by atoms with Gasteiger partial charge in [-0.25, -0.2) is 0 Å². The van der Waals surface area contributed by atoms with E-state index in [1.54, 1.807) is 0 Å². The molecule has 1 saturated heterocycles. The van der Waals surface area contributed by atoms with Crippen molar-refractivity contribution >= 4 is 6.15 Å². The van der Waals surface area contributed by atoms with Gasteiger partial charge in [-0.15, -0.1) is 0 Å². The first-order chi connectivity index (χ1) is 7.27. The van der Waals surface area contributed by atoms with Crippen LogP contribution in [-0.4, -0.2) is 19.4 Å². The molecule has 3 nitrogen and oxygen atoms in total. The fourth-order valence-electron chi connectivity index (χ4n) is 1.64. The lowest BCUT2D eigenvalue weighted by Crippen LogP contribution is -1.96. The van der Waals surface area contributed by atoms with E-state index in [1.807, 2.05) is 0 Å². The molecule has 0 spiro atoms. The molecule has 0 saturated carbocycles. The molecule has 1 aromatic carbocycles. The van der Waals surface area contributed by atoms with Crippen molar-refractivity contribution in [2.45, 2.75) is 19.3 Å². The lowest BCUT2D eigenvalue weighted by Gasteiger charge is -2.07. The second-order valence-electron chi connectivity index (χ2n) is 3.55. The minimum absolute atomic E-state index is 0.250. The molecule has 0 aromatic heterocycles. The first kappa shape index (κ1) is 11.6. The Morgan fingerprint density at radius 3 is 2.33 bits per heavy atom. The Bertz CT molecular complexity index is 317. The highest BCUT2D eigenvalue weighted by Gasteiger charge is 2.16. The summed E-state index contributed by atoms with van der Waals surface area (Å²) in [6, 6.07) is 8.78. The topological polar surface area (TPSA) is 43.4 Å². The maximum Gasteiger partial charge on any atom is 0.373 e. The third kappa shape index (κ3) is 3.66. The summed E-state index contributed by atoms with van der Waals surface area (Å²) in [5.41, 5.74) is 2.76. The van der Waals surface area contributed by atoms with Gasteiger partial charge in [0.2, 0.25) is 0 Å². The highest BCUT2D eigenvalue weighted by atomic mass is 16.5. The van der Waals surface area contributed by atoms with Crippen molar-refractivity contribution in [3.63, 3.8) is 0 Å². The Labute approximate surface area is 89.1 Å². The molecule has 1 atom stereocenters. The molecule has 3 heteroatoms. The van der Waals surface area contributed by atoms with E-state index in [-0.39, 0.29) is 6.15 Å². The molecule has 0 bridgehead atoms. The predicted molar refractivity (Wildman–Crippen MR) is 54.4 cm³/mol. The normalized spacial score (nSPS) is 18.9. The summed E-state index contributed by atoms with van der Waals surface area (Å²) in [7, 11) is 0. The zero-order valence-electron chi connectivity index (χ0n) is 8.73. The number of benzene rings is 1. The molecule has 0 N–H and O–H groups in total. The molecule has 1 aromatic rings. The molecular formula is C12H14O3. The fraction of sp³-hybridized carbons (Fsp3) is 0.417. The van der Waals surface area contributed by atoms with Crippen LogP contribution in [0.15, 0.2) is 24.3 Å². The van der Waals surface area contributed by atoms with E-state index in [2.05, 4.69) is 31.2 Å². The van der Waals surface area contributed by atoms with Gasteiger partial charge in [-0.3, -0.25) is 0 Å². The van der Waals surface area contributed by atoms with Gasteiger partial charge in [-0.1, -0.05) is 29.8 Å². The van der Waals surface area contributed by atoms with Gasteiger partial charge in [0.05, 0.1) is 6.61 Å². The molecule has 1 aliphatic rings. The first-order valence-electron chi connectivity index (χ1n) is 4.91. The summed E-state index contributed by atoms with van der Waals surface area (Å²) in [6.45, 7) is 3.95. The number of ether oxygens (including phenoxy) is 1. The molecule has 0 unspecified atom stereocenters. The Kier molecular flexibility index (Phi) is 4.75. The summed E-state index contributed by atoms with van der Waals surface area (Å²) in [6.07, 6.45) is 1.43. The van der Waals surface area contributed by atoms with E-state index < -0.39 is 0 Å². The standard InChI is InChI=1S/C11H14O.CO2/c1-9-2-4-10(5-3-9)11-6-7-12-8-11;2-1-3/h2-5,11H,6-8H2,1H3;/t11-;/m0./s1. The van der Waals surface area contributed by atoms with Gasteiger partial charge in [-0.2, -0.15) is 9.59 Å². The van der Waals surface area contributed by atoms with Crippen LogP contribution in [0.25, 0.3) is 0 Å². The van der Waals surface area contributed by atoms with Crippen molar-refractivity contribution in [3.05, 3.63) is 35.4 Å². The fourth-order valence-corrected chi connectivity index (χ4v) is 1.64. The van der Waals surface area contributed by atoms with Crippen LogP contribution in [0.5, 0.6) is 0 Å². The van der Waals surface area contributed by atoms with Crippen molar-refractivity contribution in [2.24, 2.45) is 0 Å². The van der Waals surface area contributed by atoms with E-state index in [0.29, 0.717) is 5.92 Å². The number of hydrogen-bond donors (Lipinski definition) is 0. The molecule has 15 heavy (non-hydrogen) atoms. The van der Waals surface area contributed by atoms with Gasteiger partial charge in [0.1, 0.15) is 0 Å². The van der Waals surface area contributed by atoms with Crippen LogP contribution in [0.4, 0.5) is 0 Å². The number of rotatable bonds is 1. The zero-order valence-corrected chi connectivity index (χ0v) is 8.73. The molecule has 80 valence electrons. The predicted octanol–water partition coefficient (Wildman–Crippen LogP) is 1.92. The molecular weight excluding hydrogens is 192 g/mol. The van der Waals surface area contributed by atoms with Crippen molar-refractivity contribution in [1.29, 1.82) is 0 Å². The van der Waals surface area contributed by atoms with Crippen molar-refractivity contribution < 1.29 is 14.3 Å². The molecule has 0 radical (unpaired) electrons. The summed E-state index contributed by atoms with van der Waals surface area (Å²) in [5, 5.41) is 0. The monoisotopic (exact) mass is 206 g/mol. The Hall–Kier alpha value is -1.44. The zero-order chi connectivity index (χ0) is 11.1. The Morgan fingerprint density at radius 1 is 1.27 bits per heavy atom. The number of aryl methyl sites for hydroxylation is 1. The van der Waals surface area contributed by atoms with E-state index in [4.69, 9.17) is 14.3 Å². The maximum atomic E-state index is 8.12. The first-order valence-corrected chi connectivity index (χ1v) is 4.91. The summed E-state index contributed by atoms with van der Waals surface area (Å²) >= 11 is 0. The van der Waals surface area contributed by atoms with Crippen LogP contribution < -0.4 is 0 Å². The largest absolute Gasteiger partial charge is 0.381 e. The third-order valence-electron chi connectivity index (χ3n) is 2.48. The molecule has 1 fully saturated rings. The smallest absolute Gasteiger partial charge is 0.373 e. The van der Waals surface area contributed by atoms with Gasteiger partial charge in [0, 0.05) is 12.5 Å². The number of carbonyl (C=O) groups excluding carboxylic acids is 2. The molecule has 2 rings (SSSR count). The van der Waals surface area contributed by atoms with Crippen LogP contribution in [0.2, 0.25) is 0 Å². The molecule has 0 aliphatic carbocycles. The van der Waals surface area contributed by atoms with Gasteiger partial charge >= 0.3 is 6.15 Å². The second kappa shape index (κ2) is 6.12. The Morgan fingerprint density at radius 2 is 1.87 bits per heavy atom. The van der Waals surface area contributed by atoms with Crippen LogP contribution in [0, 0.1) is 6.92 Å². The minimum Gasteiger partial charge on any atom is -0.381 e. The van der Waals surface area contributed by atoms with Crippen molar-refractivity contribution in [1.82, 2.24) is 0 Å². The van der Waals surface area contributed by atoms with E-state index in [1.165, 1.54) is 17.5 Å². The summed E-state index contributed by atoms with van der Waals surface area (Å²) in [5.74, 6) is 0.644. The minimum atomic E-state index is 0.250. The van der Waals surface area contributed by atoms with Crippen molar-refractivity contribution in [2.75, 3.05) is 13.2 Å². The van der Waals surface area contributed by atoms with Gasteiger partial charge in [-0.05, 0) is 18.9 Å². The maximum absolute atomic E-state index is 8.12. The summed E-state index contributed by atoms with van der Waals surface area (Å²) in [4.78, 5) is 16.2. The van der Waals surface area contributed by atoms with Gasteiger partial charge in [0.25, 0.3) is 0 Å². The van der Waals surface area contributed by atoms with Gasteiger partial charge < -0.3 is 4.74 Å². The van der Waals surface area contributed by atoms with Crippen LogP contribution in [-0.2, 0) is 14.3 Å². The highest BCUT2D eigenvalue weighted by Crippen LogP contribution is 2.24. The third-order valence-corrected chi connectivity index (χ3v) is 2.48. The van der Waals surface area contributed by atoms with Crippen molar-refractivity contribution in [3.8, 4) is 0 Å². The highest BCUT2D eigenvalue weighted by molar-refractivity contribution is 5.24. The Balaban J connectivity index is 0.000000337. The average molecular weight is 206 g/mol. The SMILES string of the molecule is Cc1ccc([C@H]2CCOC2)cc1.O=C=O. The number of hydrogen-bond acceptors (Lipinski definition) is 3. The average Bonchev–Trinajstić information content (AvgIpc) is 2.73. The second-order valence-corrected chi connectivity index (χ2v) is 3.55. The lowest BCUT2D eigenvalue weighted by molar-refractivity contribution is -0.191. The van der Waals surface area contributed by atoms with E-state index in [9.17, 15) is 0 Å². The van der Waals surface area contributed by atoms with Crippen LogP contribution >= 0.6 is 0 Å². The molecule has 1 aliphatic heterocycles. The summed E-state index contributed by atoms with van der Waals surface area (Å²) < 4.78 is 5.34. The van der Waals surface area contributed by atoms with E-state index >= 15 is 0 Å².